The molecule has 1 fully saturated rings. The van der Waals surface area contributed by atoms with Gasteiger partial charge in [0.25, 0.3) is 0 Å². The third-order valence-electron chi connectivity index (χ3n) is 6.87. The molecule has 30 heavy (non-hydrogen) atoms. The summed E-state index contributed by atoms with van der Waals surface area (Å²) in [6.45, 7) is 22.3. The van der Waals surface area contributed by atoms with E-state index in [1.165, 1.54) is 11.4 Å². The van der Waals surface area contributed by atoms with E-state index in [2.05, 4.69) is 87.5 Å². The summed E-state index contributed by atoms with van der Waals surface area (Å²) in [4.78, 5) is 16.7. The smallest absolute Gasteiger partial charge is 0.0611 e. The Morgan fingerprint density at radius 2 is 0.900 bits per heavy atom. The lowest BCUT2D eigenvalue weighted by Gasteiger charge is -2.53. The Morgan fingerprint density at radius 1 is 0.600 bits per heavy atom. The van der Waals surface area contributed by atoms with Crippen molar-refractivity contribution in [1.82, 2.24) is 19.9 Å². The van der Waals surface area contributed by atoms with Crippen LogP contribution in [0.3, 0.4) is 0 Å². The first-order chi connectivity index (χ1) is 13.7. The van der Waals surface area contributed by atoms with Crippen LogP contribution in [0.5, 0.6) is 0 Å². The van der Waals surface area contributed by atoms with E-state index in [4.69, 9.17) is 9.68 Å². The van der Waals surface area contributed by atoms with E-state index in [1.807, 2.05) is 0 Å². The predicted octanol–water partition coefficient (Wildman–Crippen LogP) is 4.02. The quantitative estimate of drug-likeness (QED) is 0.683. The minimum absolute atomic E-state index is 0.0248. The summed E-state index contributed by atoms with van der Waals surface area (Å²) in [6.07, 6.45) is 6.83. The molecule has 0 aromatic carbocycles. The van der Waals surface area contributed by atoms with Gasteiger partial charge >= 0.3 is 0 Å². The molecule has 3 aliphatic rings. The number of hydrogen-bond acceptors (Lipinski definition) is 6. The molecule has 1 saturated heterocycles. The monoisotopic (exact) mass is 420 g/mol. The molecule has 0 bridgehead atoms. The van der Waals surface area contributed by atoms with Crippen LogP contribution in [0.15, 0.2) is 23.5 Å². The molecule has 6 heteroatoms. The summed E-state index contributed by atoms with van der Waals surface area (Å²) >= 11 is 0. The first kappa shape index (κ1) is 23.6. The van der Waals surface area contributed by atoms with Crippen LogP contribution in [0.2, 0.25) is 0 Å². The summed E-state index contributed by atoms with van der Waals surface area (Å²) in [5, 5.41) is 4.27. The Balaban J connectivity index is 1.73. The molecule has 172 valence electrons. The van der Waals surface area contributed by atoms with Crippen molar-refractivity contribution in [2.75, 3.05) is 40.4 Å². The lowest BCUT2D eigenvalue weighted by molar-refractivity contribution is -0.241. The molecule has 3 rings (SSSR count). The van der Waals surface area contributed by atoms with Crippen molar-refractivity contribution >= 4 is 0 Å². The zero-order valence-corrected chi connectivity index (χ0v) is 21.0. The average Bonchev–Trinajstić information content (AvgIpc) is 2.58. The second kappa shape index (κ2) is 7.80. The number of hydroxylamine groups is 4. The van der Waals surface area contributed by atoms with E-state index < -0.39 is 0 Å². The summed E-state index contributed by atoms with van der Waals surface area (Å²) < 4.78 is 0. The van der Waals surface area contributed by atoms with Gasteiger partial charge in [-0.3, -0.25) is 0 Å². The molecular formula is C24H44N4O2. The van der Waals surface area contributed by atoms with Gasteiger partial charge in [0, 0.05) is 61.5 Å². The van der Waals surface area contributed by atoms with Gasteiger partial charge in [-0.05, 0) is 67.5 Å². The van der Waals surface area contributed by atoms with Crippen molar-refractivity contribution in [3.05, 3.63) is 23.5 Å². The SMILES string of the molecule is CON1C(C)(C)C=C(N2CCN(C3=CC(C)(C)N(OC)C(C)(C)C3)CC2)CC1(C)C. The molecule has 0 radical (unpaired) electrons. The van der Waals surface area contributed by atoms with Crippen LogP contribution in [0, 0.1) is 0 Å². The van der Waals surface area contributed by atoms with Gasteiger partial charge in [-0.2, -0.15) is 10.1 Å². The molecule has 0 atom stereocenters. The minimum atomic E-state index is -0.119. The zero-order valence-electron chi connectivity index (χ0n) is 21.0. The van der Waals surface area contributed by atoms with Crippen LogP contribution in [0.1, 0.15) is 68.2 Å². The van der Waals surface area contributed by atoms with Gasteiger partial charge in [-0.15, -0.1) is 0 Å². The molecule has 0 aromatic heterocycles. The molecular weight excluding hydrogens is 376 g/mol. The molecule has 0 aliphatic carbocycles. The third kappa shape index (κ3) is 4.29. The molecule has 0 saturated carbocycles. The highest BCUT2D eigenvalue weighted by Gasteiger charge is 2.45. The highest BCUT2D eigenvalue weighted by molar-refractivity contribution is 5.22. The van der Waals surface area contributed by atoms with Crippen LogP contribution < -0.4 is 0 Å². The maximum atomic E-state index is 5.75. The van der Waals surface area contributed by atoms with Gasteiger partial charge in [0.15, 0.2) is 0 Å². The van der Waals surface area contributed by atoms with Crippen LogP contribution in [0.25, 0.3) is 0 Å². The molecule has 0 N–H and O–H groups in total. The van der Waals surface area contributed by atoms with Gasteiger partial charge in [-0.1, -0.05) is 0 Å². The number of piperazine rings is 1. The van der Waals surface area contributed by atoms with E-state index >= 15 is 0 Å². The zero-order chi connectivity index (χ0) is 22.5. The fourth-order valence-electron chi connectivity index (χ4n) is 6.28. The largest absolute Gasteiger partial charge is 0.371 e. The van der Waals surface area contributed by atoms with Crippen molar-refractivity contribution in [1.29, 1.82) is 0 Å². The summed E-state index contributed by atoms with van der Waals surface area (Å²) in [7, 11) is 3.57. The van der Waals surface area contributed by atoms with E-state index in [9.17, 15) is 0 Å². The van der Waals surface area contributed by atoms with Gasteiger partial charge in [0.05, 0.1) is 25.3 Å². The van der Waals surface area contributed by atoms with Crippen LogP contribution in [-0.4, -0.2) is 82.5 Å². The minimum Gasteiger partial charge on any atom is -0.371 e. The van der Waals surface area contributed by atoms with Crippen molar-refractivity contribution in [3.63, 3.8) is 0 Å². The first-order valence-electron chi connectivity index (χ1n) is 11.4. The summed E-state index contributed by atoms with van der Waals surface area (Å²) in [6, 6.07) is 0. The molecule has 0 unspecified atom stereocenters. The highest BCUT2D eigenvalue weighted by Crippen LogP contribution is 2.40. The fourth-order valence-corrected chi connectivity index (χ4v) is 6.28. The van der Waals surface area contributed by atoms with Crippen molar-refractivity contribution in [3.8, 4) is 0 Å². The molecule has 3 aliphatic heterocycles. The molecule has 0 spiro atoms. The molecule has 0 aromatic rings. The number of rotatable bonds is 4. The van der Waals surface area contributed by atoms with Gasteiger partial charge in [-0.25, -0.2) is 0 Å². The van der Waals surface area contributed by atoms with E-state index in [0.717, 1.165) is 39.0 Å². The Hall–Kier alpha value is -1.08. The Morgan fingerprint density at radius 3 is 1.13 bits per heavy atom. The fraction of sp³-hybridized carbons (Fsp3) is 0.833. The highest BCUT2D eigenvalue weighted by atomic mass is 16.7. The lowest BCUT2D eigenvalue weighted by Crippen LogP contribution is -2.60. The van der Waals surface area contributed by atoms with E-state index in [0.29, 0.717) is 0 Å². The Kier molecular flexibility index (Phi) is 6.13. The second-order valence-corrected chi connectivity index (χ2v) is 11.5. The van der Waals surface area contributed by atoms with Gasteiger partial charge in [0.1, 0.15) is 0 Å². The second-order valence-electron chi connectivity index (χ2n) is 11.5. The van der Waals surface area contributed by atoms with Crippen LogP contribution in [-0.2, 0) is 9.68 Å². The molecule has 3 heterocycles. The van der Waals surface area contributed by atoms with E-state index in [1.54, 1.807) is 14.2 Å². The lowest BCUT2D eigenvalue weighted by atomic mass is 9.84. The Bertz CT molecular complexity index is 640. The normalized spacial score (nSPS) is 28.9. The standard InChI is InChI=1S/C24H44N4O2/c1-21(2)15-19(16-22(3,4)27(21)29-9)25-11-13-26(14-12-25)20-17-23(5,6)28(30-10)24(7,8)18-20/h15,17H,11-14,16,18H2,1-10H3. The first-order valence-corrected chi connectivity index (χ1v) is 11.4. The third-order valence-corrected chi connectivity index (χ3v) is 6.87. The molecule has 6 nitrogen and oxygen atoms in total. The van der Waals surface area contributed by atoms with Crippen LogP contribution in [0.4, 0.5) is 0 Å². The Labute approximate surface area is 184 Å². The predicted molar refractivity (Wildman–Crippen MR) is 123 cm³/mol. The van der Waals surface area contributed by atoms with Crippen LogP contribution >= 0.6 is 0 Å². The van der Waals surface area contributed by atoms with Crippen molar-refractivity contribution < 1.29 is 9.68 Å². The van der Waals surface area contributed by atoms with Gasteiger partial charge in [0.2, 0.25) is 0 Å². The summed E-state index contributed by atoms with van der Waals surface area (Å²) in [5.41, 5.74) is 2.63. The van der Waals surface area contributed by atoms with Crippen molar-refractivity contribution in [2.24, 2.45) is 0 Å². The van der Waals surface area contributed by atoms with Crippen molar-refractivity contribution in [2.45, 2.75) is 90.4 Å². The van der Waals surface area contributed by atoms with Gasteiger partial charge < -0.3 is 19.5 Å². The molecule has 0 amide bonds. The summed E-state index contributed by atoms with van der Waals surface area (Å²) in [5.74, 6) is 0. The topological polar surface area (TPSA) is 31.4 Å². The maximum absolute atomic E-state index is 5.75. The average molecular weight is 421 g/mol. The maximum Gasteiger partial charge on any atom is 0.0611 e. The number of hydrogen-bond donors (Lipinski definition) is 0. The number of nitrogens with zero attached hydrogens (tertiary/aromatic N) is 4. The van der Waals surface area contributed by atoms with E-state index in [-0.39, 0.29) is 22.2 Å².